The van der Waals surface area contributed by atoms with Gasteiger partial charge in [0.2, 0.25) is 0 Å². The summed E-state index contributed by atoms with van der Waals surface area (Å²) in [5.41, 5.74) is 4.37. The van der Waals surface area contributed by atoms with Crippen molar-refractivity contribution in [1.82, 2.24) is 9.78 Å². The van der Waals surface area contributed by atoms with Crippen molar-refractivity contribution in [3.63, 3.8) is 0 Å². The van der Waals surface area contributed by atoms with Gasteiger partial charge in [-0.05, 0) is 36.7 Å². The van der Waals surface area contributed by atoms with E-state index in [9.17, 15) is 23.1 Å². The largest absolute Gasteiger partial charge is 0.744 e. The van der Waals surface area contributed by atoms with Crippen LogP contribution in [0.3, 0.4) is 0 Å². The molecule has 0 saturated heterocycles. The number of aryl methyl sites for hydroxylation is 1. The zero-order chi connectivity index (χ0) is 24.4. The van der Waals surface area contributed by atoms with Crippen LogP contribution in [0.4, 0.5) is 11.4 Å². The number of nitrogen functional groups attached to an aromatic ring is 2. The first kappa shape index (κ1) is 25.5. The van der Waals surface area contributed by atoms with Gasteiger partial charge in [-0.2, -0.15) is 0 Å². The minimum absolute atomic E-state index is 0.366. The van der Waals surface area contributed by atoms with E-state index in [1.807, 2.05) is 6.92 Å². The molecule has 0 amide bonds. The summed E-state index contributed by atoms with van der Waals surface area (Å²) in [6.07, 6.45) is 3.89. The van der Waals surface area contributed by atoms with Crippen LogP contribution in [0.5, 0.6) is 0 Å². The molecule has 3 unspecified atom stereocenters. The molecule has 1 aromatic heterocycles. The molecule has 0 spiro atoms. The van der Waals surface area contributed by atoms with E-state index in [0.717, 1.165) is 41.7 Å². The first-order chi connectivity index (χ1) is 14.7. The molecule has 0 aliphatic heterocycles. The Morgan fingerprint density at radius 3 is 2.34 bits per heavy atom. The van der Waals surface area contributed by atoms with E-state index in [4.69, 9.17) is 11.6 Å². The number of hydrogen-bond acceptors (Lipinski definition) is 8. The Hall–Kier alpha value is -2.73. The van der Waals surface area contributed by atoms with E-state index >= 15 is 0 Å². The Bertz CT molecular complexity index is 1080. The smallest absolute Gasteiger partial charge is 0.295 e. The number of hydrogen-bond donors (Lipinski definition) is 2. The standard InChI is InChI=1S/C14H27N4.C6H6N2O5S/c1-9(2)13-7-6-10(3)8-14(13)18-12(5)17(15)11(4)16-18;7-5-3-4(8(9)10)1-2-6(5)14(11,12)13/h9-10,13-14H,6-8,15H2,1-5H3;1-3H,7H2,(H,11,12,13)/q+1;/p-1. The van der Waals surface area contributed by atoms with Gasteiger partial charge in [0.25, 0.3) is 17.3 Å². The molecular weight excluding hydrogens is 436 g/mol. The van der Waals surface area contributed by atoms with Crippen molar-refractivity contribution in [2.24, 2.45) is 17.8 Å². The van der Waals surface area contributed by atoms with Gasteiger partial charge in [0.1, 0.15) is 16.2 Å². The Labute approximate surface area is 188 Å². The molecule has 1 aliphatic carbocycles. The molecule has 4 N–H and O–H groups in total. The highest BCUT2D eigenvalue weighted by molar-refractivity contribution is 7.86. The van der Waals surface area contributed by atoms with Crippen molar-refractivity contribution in [2.75, 3.05) is 11.6 Å². The lowest BCUT2D eigenvalue weighted by Crippen LogP contribution is -2.49. The second-order valence-corrected chi connectivity index (χ2v) is 10.1. The fourth-order valence-corrected chi connectivity index (χ4v) is 4.83. The van der Waals surface area contributed by atoms with Gasteiger partial charge < -0.3 is 10.3 Å². The van der Waals surface area contributed by atoms with Gasteiger partial charge in [-0.15, -0.1) is 9.36 Å². The van der Waals surface area contributed by atoms with Crippen molar-refractivity contribution in [3.05, 3.63) is 40.0 Å². The topological polar surface area (TPSA) is 174 Å². The molecule has 12 heteroatoms. The maximum atomic E-state index is 10.5. The highest BCUT2D eigenvalue weighted by Gasteiger charge is 2.38. The van der Waals surface area contributed by atoms with Crippen LogP contribution in [-0.4, -0.2) is 27.7 Å². The number of nitro benzene ring substituents is 1. The van der Waals surface area contributed by atoms with Gasteiger partial charge in [0.05, 0.1) is 15.5 Å². The Morgan fingerprint density at radius 1 is 1.28 bits per heavy atom. The highest BCUT2D eigenvalue weighted by atomic mass is 32.2. The highest BCUT2D eigenvalue weighted by Crippen LogP contribution is 2.40. The summed E-state index contributed by atoms with van der Waals surface area (Å²) in [5, 5.41) is 14.9. The fraction of sp³-hybridized carbons (Fsp3) is 0.600. The molecule has 1 aromatic carbocycles. The van der Waals surface area contributed by atoms with Gasteiger partial charge >= 0.3 is 0 Å². The SMILES string of the molecule is Cc1nn(C2CC(C)CCC2C(C)C)c(C)[n+]1N.Nc1cc([N+](=O)[O-])ccc1S(=O)(=O)[O-]. The van der Waals surface area contributed by atoms with E-state index < -0.39 is 25.6 Å². The summed E-state index contributed by atoms with van der Waals surface area (Å²) in [6.45, 7) is 11.0. The van der Waals surface area contributed by atoms with Gasteiger partial charge in [0, 0.05) is 31.1 Å². The molecule has 3 atom stereocenters. The van der Waals surface area contributed by atoms with Gasteiger partial charge in [0.15, 0.2) is 0 Å². The number of rotatable bonds is 4. The molecule has 1 fully saturated rings. The second kappa shape index (κ2) is 9.82. The molecule has 1 aliphatic rings. The van der Waals surface area contributed by atoms with Crippen LogP contribution in [0, 0.1) is 41.7 Å². The maximum Gasteiger partial charge on any atom is 0.295 e. The monoisotopic (exact) mass is 468 g/mol. The first-order valence-corrected chi connectivity index (χ1v) is 11.9. The maximum absolute atomic E-state index is 10.5. The quantitative estimate of drug-likeness (QED) is 0.171. The van der Waals surface area contributed by atoms with Crippen molar-refractivity contribution >= 4 is 21.5 Å². The van der Waals surface area contributed by atoms with Crippen LogP contribution in [0.25, 0.3) is 0 Å². The summed E-state index contributed by atoms with van der Waals surface area (Å²) in [4.78, 5) is 8.85. The van der Waals surface area contributed by atoms with Crippen LogP contribution >= 0.6 is 0 Å². The van der Waals surface area contributed by atoms with Crippen LogP contribution in [-0.2, 0) is 10.1 Å². The van der Waals surface area contributed by atoms with Crippen LogP contribution in [0.15, 0.2) is 23.1 Å². The summed E-state index contributed by atoms with van der Waals surface area (Å²) >= 11 is 0. The molecule has 1 saturated carbocycles. The molecular formula is C20H32N6O5S. The summed E-state index contributed by atoms with van der Waals surface area (Å²) < 4.78 is 35.5. The summed E-state index contributed by atoms with van der Waals surface area (Å²) in [6, 6.07) is 3.05. The Morgan fingerprint density at radius 2 is 1.91 bits per heavy atom. The lowest BCUT2D eigenvalue weighted by Gasteiger charge is -2.34. The van der Waals surface area contributed by atoms with Crippen LogP contribution in [0.2, 0.25) is 0 Å². The third kappa shape index (κ3) is 5.74. The minimum atomic E-state index is -4.67. The number of aromatic nitrogens is 3. The lowest BCUT2D eigenvalue weighted by molar-refractivity contribution is -0.652. The number of anilines is 1. The van der Waals surface area contributed by atoms with Crippen molar-refractivity contribution < 1.29 is 22.6 Å². The van der Waals surface area contributed by atoms with Crippen molar-refractivity contribution in [2.45, 2.75) is 64.8 Å². The molecule has 11 nitrogen and oxygen atoms in total. The minimum Gasteiger partial charge on any atom is -0.744 e. The molecule has 2 aromatic rings. The van der Waals surface area contributed by atoms with E-state index in [2.05, 4.69) is 37.5 Å². The Kier molecular flexibility index (Phi) is 7.83. The number of nitrogens with two attached hydrogens (primary N) is 2. The number of benzene rings is 1. The van der Waals surface area contributed by atoms with Crippen molar-refractivity contribution in [1.29, 1.82) is 0 Å². The predicted octanol–water partition coefficient (Wildman–Crippen LogP) is 2.22. The third-order valence-electron chi connectivity index (χ3n) is 6.06. The normalized spacial score (nSPS) is 21.2. The van der Waals surface area contributed by atoms with Crippen LogP contribution < -0.4 is 16.3 Å². The number of non-ortho nitro benzene ring substituents is 1. The van der Waals surface area contributed by atoms with E-state index in [1.54, 1.807) is 4.68 Å². The van der Waals surface area contributed by atoms with Gasteiger partial charge in [-0.25, -0.2) is 8.42 Å². The second-order valence-electron chi connectivity index (χ2n) is 8.74. The summed E-state index contributed by atoms with van der Waals surface area (Å²) in [5.74, 6) is 10.2. The van der Waals surface area contributed by atoms with E-state index in [-0.39, 0.29) is 5.69 Å². The van der Waals surface area contributed by atoms with E-state index in [0.29, 0.717) is 12.0 Å². The zero-order valence-corrected chi connectivity index (χ0v) is 19.9. The molecule has 1 heterocycles. The zero-order valence-electron chi connectivity index (χ0n) is 19.1. The average molecular weight is 469 g/mol. The van der Waals surface area contributed by atoms with Crippen molar-refractivity contribution in [3.8, 4) is 0 Å². The van der Waals surface area contributed by atoms with Gasteiger partial charge in [-0.3, -0.25) is 16.0 Å². The van der Waals surface area contributed by atoms with Crippen LogP contribution in [0.1, 0.15) is 57.7 Å². The molecule has 0 bridgehead atoms. The fourth-order valence-electron chi connectivity index (χ4n) is 4.25. The molecule has 178 valence electrons. The predicted molar refractivity (Wildman–Crippen MR) is 118 cm³/mol. The molecule has 3 rings (SSSR count). The average Bonchev–Trinajstić information content (AvgIpc) is 2.94. The third-order valence-corrected chi connectivity index (χ3v) is 6.97. The molecule has 32 heavy (non-hydrogen) atoms. The Balaban J connectivity index is 0.000000235. The lowest BCUT2D eigenvalue weighted by atomic mass is 9.74. The first-order valence-electron chi connectivity index (χ1n) is 10.5. The number of nitro groups is 1. The molecule has 0 radical (unpaired) electrons. The summed E-state index contributed by atoms with van der Waals surface area (Å²) in [7, 11) is -4.67. The number of nitrogens with zero attached hydrogens (tertiary/aromatic N) is 4. The van der Waals surface area contributed by atoms with Gasteiger partial charge in [-0.1, -0.05) is 27.2 Å². The van der Waals surface area contributed by atoms with E-state index in [1.165, 1.54) is 19.3 Å².